The van der Waals surface area contributed by atoms with E-state index in [9.17, 15) is 9.90 Å². The van der Waals surface area contributed by atoms with E-state index in [0.29, 0.717) is 23.1 Å². The van der Waals surface area contributed by atoms with Crippen molar-refractivity contribution in [3.8, 4) is 5.75 Å². The van der Waals surface area contributed by atoms with E-state index in [1.165, 1.54) is 0 Å². The smallest absolute Gasteiger partial charge is 0.343 e. The van der Waals surface area contributed by atoms with Gasteiger partial charge in [-0.05, 0) is 30.2 Å². The Balaban J connectivity index is 2.27. The van der Waals surface area contributed by atoms with Crippen molar-refractivity contribution in [3.05, 3.63) is 70.1 Å². The standard InChI is InChI=1S/C18H17NO3/c1-2-13(11-6-4-3-5-7-11)16-17(20)14-10-12(19)8-9-15(14)22-18(16)21/h3-10,13,20H,2,19H2,1H3. The lowest BCUT2D eigenvalue weighted by Crippen LogP contribution is -2.13. The molecule has 4 heteroatoms. The highest BCUT2D eigenvalue weighted by atomic mass is 16.4. The molecule has 0 amide bonds. The lowest BCUT2D eigenvalue weighted by Gasteiger charge is -2.16. The van der Waals surface area contributed by atoms with Crippen molar-refractivity contribution in [2.75, 3.05) is 5.73 Å². The largest absolute Gasteiger partial charge is 0.507 e. The van der Waals surface area contributed by atoms with Crippen LogP contribution in [0.25, 0.3) is 11.0 Å². The minimum absolute atomic E-state index is 0.0470. The lowest BCUT2D eigenvalue weighted by atomic mass is 9.89. The first-order valence-electron chi connectivity index (χ1n) is 7.22. The second kappa shape index (κ2) is 5.56. The van der Waals surface area contributed by atoms with Crippen LogP contribution in [0.2, 0.25) is 0 Å². The molecule has 0 fully saturated rings. The van der Waals surface area contributed by atoms with Crippen LogP contribution < -0.4 is 11.4 Å². The summed E-state index contributed by atoms with van der Waals surface area (Å²) in [5.74, 6) is -0.266. The molecule has 3 rings (SSSR count). The second-order valence-corrected chi connectivity index (χ2v) is 5.28. The Kier molecular flexibility index (Phi) is 3.59. The fourth-order valence-electron chi connectivity index (χ4n) is 2.82. The maximum atomic E-state index is 12.4. The summed E-state index contributed by atoms with van der Waals surface area (Å²) in [4.78, 5) is 12.4. The predicted octanol–water partition coefficient (Wildman–Crippen LogP) is 3.62. The maximum Gasteiger partial charge on any atom is 0.343 e. The molecule has 0 aliphatic carbocycles. The first-order valence-corrected chi connectivity index (χ1v) is 7.22. The molecule has 1 heterocycles. The molecule has 3 N–H and O–H groups in total. The number of hydrogen-bond acceptors (Lipinski definition) is 4. The Morgan fingerprint density at radius 1 is 1.18 bits per heavy atom. The highest BCUT2D eigenvalue weighted by Crippen LogP contribution is 2.36. The average Bonchev–Trinajstić information content (AvgIpc) is 2.53. The zero-order valence-corrected chi connectivity index (χ0v) is 12.2. The van der Waals surface area contributed by atoms with Gasteiger partial charge in [0.1, 0.15) is 11.3 Å². The molecule has 112 valence electrons. The molecule has 0 saturated carbocycles. The summed E-state index contributed by atoms with van der Waals surface area (Å²) in [7, 11) is 0. The summed E-state index contributed by atoms with van der Waals surface area (Å²) in [6.45, 7) is 1.97. The third-order valence-electron chi connectivity index (χ3n) is 3.90. The van der Waals surface area contributed by atoms with Crippen LogP contribution in [0.15, 0.2) is 57.7 Å². The molecule has 0 saturated heterocycles. The molecule has 22 heavy (non-hydrogen) atoms. The van der Waals surface area contributed by atoms with Gasteiger partial charge in [0, 0.05) is 11.6 Å². The van der Waals surface area contributed by atoms with Gasteiger partial charge in [-0.15, -0.1) is 0 Å². The zero-order chi connectivity index (χ0) is 15.7. The van der Waals surface area contributed by atoms with E-state index in [-0.39, 0.29) is 17.2 Å². The monoisotopic (exact) mass is 295 g/mol. The van der Waals surface area contributed by atoms with Crippen LogP contribution in [0.5, 0.6) is 5.75 Å². The van der Waals surface area contributed by atoms with Crippen molar-refractivity contribution in [2.45, 2.75) is 19.3 Å². The molecular formula is C18H17NO3. The van der Waals surface area contributed by atoms with Crippen LogP contribution in [0.3, 0.4) is 0 Å². The van der Waals surface area contributed by atoms with E-state index in [2.05, 4.69) is 0 Å². The van der Waals surface area contributed by atoms with Crippen LogP contribution in [-0.2, 0) is 0 Å². The summed E-state index contributed by atoms with van der Waals surface area (Å²) in [5, 5.41) is 11.1. The van der Waals surface area contributed by atoms with Gasteiger partial charge in [0.15, 0.2) is 0 Å². The summed E-state index contributed by atoms with van der Waals surface area (Å²) in [6.07, 6.45) is 0.677. The number of fused-ring (bicyclic) bond motifs is 1. The minimum atomic E-state index is -0.509. The Hall–Kier alpha value is -2.75. The average molecular weight is 295 g/mol. The number of anilines is 1. The van der Waals surface area contributed by atoms with Crippen LogP contribution in [0.1, 0.15) is 30.4 Å². The molecular weight excluding hydrogens is 278 g/mol. The summed E-state index contributed by atoms with van der Waals surface area (Å²) in [6, 6.07) is 14.5. The lowest BCUT2D eigenvalue weighted by molar-refractivity contribution is 0.450. The number of aromatic hydroxyl groups is 1. The van der Waals surface area contributed by atoms with Gasteiger partial charge in [-0.25, -0.2) is 4.79 Å². The van der Waals surface area contributed by atoms with Gasteiger partial charge in [0.05, 0.1) is 10.9 Å². The van der Waals surface area contributed by atoms with Gasteiger partial charge in [-0.1, -0.05) is 37.3 Å². The fraction of sp³-hybridized carbons (Fsp3) is 0.167. The Morgan fingerprint density at radius 3 is 2.59 bits per heavy atom. The van der Waals surface area contributed by atoms with E-state index >= 15 is 0 Å². The van der Waals surface area contributed by atoms with E-state index in [1.807, 2.05) is 37.3 Å². The van der Waals surface area contributed by atoms with Crippen molar-refractivity contribution in [1.29, 1.82) is 0 Å². The van der Waals surface area contributed by atoms with Crippen molar-refractivity contribution < 1.29 is 9.52 Å². The van der Waals surface area contributed by atoms with Gasteiger partial charge in [0.25, 0.3) is 0 Å². The molecule has 2 aromatic carbocycles. The third kappa shape index (κ3) is 2.33. The van der Waals surface area contributed by atoms with Gasteiger partial charge in [0.2, 0.25) is 0 Å². The highest BCUT2D eigenvalue weighted by Gasteiger charge is 2.23. The van der Waals surface area contributed by atoms with Crippen molar-refractivity contribution in [3.63, 3.8) is 0 Å². The molecule has 3 aromatic rings. The van der Waals surface area contributed by atoms with Gasteiger partial charge in [-0.2, -0.15) is 0 Å². The van der Waals surface area contributed by atoms with Crippen LogP contribution in [0, 0.1) is 0 Å². The van der Waals surface area contributed by atoms with Crippen molar-refractivity contribution >= 4 is 16.7 Å². The van der Waals surface area contributed by atoms with E-state index in [1.54, 1.807) is 18.2 Å². The first-order chi connectivity index (χ1) is 10.6. The molecule has 4 nitrogen and oxygen atoms in total. The summed E-state index contributed by atoms with van der Waals surface area (Å²) >= 11 is 0. The zero-order valence-electron chi connectivity index (χ0n) is 12.2. The van der Waals surface area contributed by atoms with E-state index < -0.39 is 5.63 Å². The fourth-order valence-corrected chi connectivity index (χ4v) is 2.82. The Bertz CT molecular complexity index is 869. The topological polar surface area (TPSA) is 76.5 Å². The van der Waals surface area contributed by atoms with E-state index in [4.69, 9.17) is 10.2 Å². The predicted molar refractivity (Wildman–Crippen MR) is 87.1 cm³/mol. The Labute approximate surface area is 127 Å². The minimum Gasteiger partial charge on any atom is -0.507 e. The highest BCUT2D eigenvalue weighted by molar-refractivity contribution is 5.87. The molecule has 1 atom stereocenters. The quantitative estimate of drug-likeness (QED) is 0.571. The van der Waals surface area contributed by atoms with Crippen LogP contribution in [-0.4, -0.2) is 5.11 Å². The van der Waals surface area contributed by atoms with Crippen LogP contribution >= 0.6 is 0 Å². The van der Waals surface area contributed by atoms with Gasteiger partial charge >= 0.3 is 5.63 Å². The first kappa shape index (κ1) is 14.2. The number of nitrogens with two attached hydrogens (primary N) is 1. The summed E-state index contributed by atoms with van der Waals surface area (Å²) < 4.78 is 5.36. The molecule has 0 spiro atoms. The molecule has 0 aliphatic rings. The second-order valence-electron chi connectivity index (χ2n) is 5.28. The number of rotatable bonds is 3. The van der Waals surface area contributed by atoms with Crippen molar-refractivity contribution in [1.82, 2.24) is 0 Å². The Morgan fingerprint density at radius 2 is 1.91 bits per heavy atom. The third-order valence-corrected chi connectivity index (χ3v) is 3.90. The SMILES string of the molecule is CCC(c1ccccc1)c1c(O)c2cc(N)ccc2oc1=O. The maximum absolute atomic E-state index is 12.4. The molecule has 1 aromatic heterocycles. The normalized spacial score (nSPS) is 12.4. The van der Waals surface area contributed by atoms with E-state index in [0.717, 1.165) is 5.56 Å². The molecule has 0 aliphatic heterocycles. The van der Waals surface area contributed by atoms with Gasteiger partial charge in [-0.3, -0.25) is 0 Å². The molecule has 1 unspecified atom stereocenters. The van der Waals surface area contributed by atoms with Crippen LogP contribution in [0.4, 0.5) is 5.69 Å². The number of nitrogen functional groups attached to an aromatic ring is 1. The number of hydrogen-bond donors (Lipinski definition) is 2. The number of benzene rings is 2. The molecule has 0 radical (unpaired) electrons. The summed E-state index contributed by atoms with van der Waals surface area (Å²) in [5.41, 5.74) is 7.36. The van der Waals surface area contributed by atoms with Gasteiger partial charge < -0.3 is 15.3 Å². The van der Waals surface area contributed by atoms with Crippen molar-refractivity contribution in [2.24, 2.45) is 0 Å². The molecule has 0 bridgehead atoms.